The number of aromatic nitrogens is 6. The zero-order valence-electron chi connectivity index (χ0n) is 14.2. The summed E-state index contributed by atoms with van der Waals surface area (Å²) in [6.07, 6.45) is 5.31. The molecule has 1 aromatic carbocycles. The highest BCUT2D eigenvalue weighted by Gasteiger charge is 2.25. The van der Waals surface area contributed by atoms with Crippen molar-refractivity contribution in [3.05, 3.63) is 48.5 Å². The summed E-state index contributed by atoms with van der Waals surface area (Å²) >= 11 is 0. The average molecular weight is 353 g/mol. The summed E-state index contributed by atoms with van der Waals surface area (Å²) < 4.78 is 7.20. The number of hydrogen-bond acceptors (Lipinski definition) is 6. The Labute approximate surface area is 150 Å². The van der Waals surface area contributed by atoms with Gasteiger partial charge < -0.3 is 9.64 Å². The second-order valence-electron chi connectivity index (χ2n) is 6.23. The predicted molar refractivity (Wildman–Crippen MR) is 91.8 cm³/mol. The maximum atomic E-state index is 12.5. The van der Waals surface area contributed by atoms with Crippen LogP contribution in [0.15, 0.2) is 42.9 Å². The van der Waals surface area contributed by atoms with Crippen molar-refractivity contribution in [3.8, 4) is 11.4 Å². The second kappa shape index (κ2) is 7.34. The van der Waals surface area contributed by atoms with E-state index in [0.29, 0.717) is 18.2 Å². The molecule has 0 aliphatic carbocycles. The van der Waals surface area contributed by atoms with Crippen LogP contribution in [0.4, 0.5) is 0 Å². The maximum Gasteiger partial charge on any atom is 0.260 e. The number of benzene rings is 1. The van der Waals surface area contributed by atoms with Crippen molar-refractivity contribution in [3.63, 3.8) is 0 Å². The first-order valence-electron chi connectivity index (χ1n) is 8.53. The van der Waals surface area contributed by atoms with E-state index in [2.05, 4.69) is 25.7 Å². The number of amides is 1. The number of carbonyl (C=O) groups is 1. The zero-order valence-corrected chi connectivity index (χ0v) is 14.2. The molecule has 1 amide bonds. The first-order valence-corrected chi connectivity index (χ1v) is 8.53. The Morgan fingerprint density at radius 3 is 2.88 bits per heavy atom. The molecule has 4 rings (SSSR count). The van der Waals surface area contributed by atoms with E-state index in [4.69, 9.17) is 4.74 Å². The summed E-state index contributed by atoms with van der Waals surface area (Å²) in [5.41, 5.74) is 1.91. The minimum Gasteiger partial charge on any atom is -0.484 e. The third-order valence-electron chi connectivity index (χ3n) is 4.55. The van der Waals surface area contributed by atoms with E-state index in [-0.39, 0.29) is 12.5 Å². The minimum absolute atomic E-state index is 0.00114. The zero-order chi connectivity index (χ0) is 17.8. The van der Waals surface area contributed by atoms with Crippen LogP contribution < -0.4 is 4.74 Å². The molecule has 3 heterocycles. The van der Waals surface area contributed by atoms with Crippen molar-refractivity contribution < 1.29 is 9.53 Å². The van der Waals surface area contributed by atoms with Gasteiger partial charge in [0, 0.05) is 30.9 Å². The molecule has 1 atom stereocenters. The summed E-state index contributed by atoms with van der Waals surface area (Å²) in [7, 11) is 0. The summed E-state index contributed by atoms with van der Waals surface area (Å²) in [6, 6.07) is 9.25. The van der Waals surface area contributed by atoms with Gasteiger partial charge in [0.2, 0.25) is 0 Å². The van der Waals surface area contributed by atoms with Crippen LogP contribution in [-0.4, -0.2) is 60.9 Å². The lowest BCUT2D eigenvalue weighted by Gasteiger charge is -2.32. The van der Waals surface area contributed by atoms with Gasteiger partial charge in [-0.1, -0.05) is 0 Å². The highest BCUT2D eigenvalue weighted by atomic mass is 16.5. The highest BCUT2D eigenvalue weighted by molar-refractivity contribution is 5.78. The molecule has 26 heavy (non-hydrogen) atoms. The van der Waals surface area contributed by atoms with Gasteiger partial charge in [-0.3, -0.25) is 9.89 Å². The number of nitrogens with zero attached hydrogens (tertiary/aromatic N) is 6. The molecule has 0 spiro atoms. The second-order valence-corrected chi connectivity index (χ2v) is 6.23. The van der Waals surface area contributed by atoms with Crippen LogP contribution >= 0.6 is 0 Å². The lowest BCUT2D eigenvalue weighted by molar-refractivity contribution is -0.134. The molecule has 9 nitrogen and oxygen atoms in total. The Hall–Kier alpha value is -3.23. The van der Waals surface area contributed by atoms with E-state index in [0.717, 1.165) is 30.8 Å². The largest absolute Gasteiger partial charge is 0.484 e. The molecule has 1 aliphatic rings. The van der Waals surface area contributed by atoms with E-state index in [1.54, 1.807) is 23.0 Å². The monoisotopic (exact) mass is 353 g/mol. The van der Waals surface area contributed by atoms with Crippen LogP contribution in [0.2, 0.25) is 0 Å². The fraction of sp³-hybridized carbons (Fsp3) is 0.353. The molecule has 0 unspecified atom stereocenters. The summed E-state index contributed by atoms with van der Waals surface area (Å²) in [6.45, 7) is 1.49. The number of aromatic amines is 1. The Morgan fingerprint density at radius 2 is 2.15 bits per heavy atom. The van der Waals surface area contributed by atoms with Crippen LogP contribution in [0, 0.1) is 0 Å². The SMILES string of the molecule is O=C(COc1ccc(-n2cnnn2)cc1)N1CCC[C@@H](c2ccn[nH]2)C1. The van der Waals surface area contributed by atoms with E-state index in [9.17, 15) is 4.79 Å². The van der Waals surface area contributed by atoms with Gasteiger partial charge in [0.05, 0.1) is 5.69 Å². The van der Waals surface area contributed by atoms with Gasteiger partial charge in [-0.15, -0.1) is 5.10 Å². The number of ether oxygens (including phenoxy) is 1. The smallest absolute Gasteiger partial charge is 0.260 e. The number of nitrogens with one attached hydrogen (secondary N) is 1. The maximum absolute atomic E-state index is 12.5. The molecule has 134 valence electrons. The number of rotatable bonds is 5. The topological polar surface area (TPSA) is 102 Å². The van der Waals surface area contributed by atoms with E-state index in [1.165, 1.54) is 6.33 Å². The predicted octanol–water partition coefficient (Wildman–Crippen LogP) is 1.17. The first-order chi connectivity index (χ1) is 12.8. The molecule has 1 fully saturated rings. The van der Waals surface area contributed by atoms with Gasteiger partial charge in [0.1, 0.15) is 12.1 Å². The Balaban J connectivity index is 1.32. The van der Waals surface area contributed by atoms with Crippen molar-refractivity contribution >= 4 is 5.91 Å². The lowest BCUT2D eigenvalue weighted by Crippen LogP contribution is -2.41. The van der Waals surface area contributed by atoms with Crippen LogP contribution in [-0.2, 0) is 4.79 Å². The van der Waals surface area contributed by atoms with Crippen molar-refractivity contribution in [2.24, 2.45) is 0 Å². The van der Waals surface area contributed by atoms with Crippen molar-refractivity contribution in [1.82, 2.24) is 35.3 Å². The van der Waals surface area contributed by atoms with E-state index >= 15 is 0 Å². The van der Waals surface area contributed by atoms with Crippen molar-refractivity contribution in [1.29, 1.82) is 0 Å². The number of piperidine rings is 1. The van der Waals surface area contributed by atoms with Crippen LogP contribution in [0.3, 0.4) is 0 Å². The summed E-state index contributed by atoms with van der Waals surface area (Å²) in [5, 5.41) is 18.0. The van der Waals surface area contributed by atoms with Crippen LogP contribution in [0.25, 0.3) is 5.69 Å². The van der Waals surface area contributed by atoms with Gasteiger partial charge in [0.15, 0.2) is 6.61 Å². The molecule has 0 radical (unpaired) electrons. The van der Waals surface area contributed by atoms with Gasteiger partial charge in [-0.05, 0) is 53.6 Å². The molecular weight excluding hydrogens is 334 g/mol. The van der Waals surface area contributed by atoms with Crippen LogP contribution in [0.1, 0.15) is 24.5 Å². The third kappa shape index (κ3) is 3.56. The number of likely N-dealkylation sites (tertiary alicyclic amines) is 1. The molecule has 1 aliphatic heterocycles. The molecule has 1 N–H and O–H groups in total. The fourth-order valence-corrected chi connectivity index (χ4v) is 3.16. The number of carbonyl (C=O) groups excluding carboxylic acids is 1. The van der Waals surface area contributed by atoms with Gasteiger partial charge in [-0.25, -0.2) is 4.68 Å². The van der Waals surface area contributed by atoms with Crippen LogP contribution in [0.5, 0.6) is 5.75 Å². The van der Waals surface area contributed by atoms with Gasteiger partial charge in [0.25, 0.3) is 5.91 Å². The van der Waals surface area contributed by atoms with E-state index < -0.39 is 0 Å². The quantitative estimate of drug-likeness (QED) is 0.739. The standard InChI is InChI=1S/C17H19N7O2/c25-17(23-9-1-2-13(10-23)16-7-8-18-20-16)11-26-15-5-3-14(4-6-15)24-12-19-21-22-24/h3-8,12-13H,1-2,9-11H2,(H,18,20)/t13-/m1/s1. The third-order valence-corrected chi connectivity index (χ3v) is 4.55. The van der Waals surface area contributed by atoms with Gasteiger partial charge in [-0.2, -0.15) is 5.10 Å². The molecule has 2 aromatic heterocycles. The average Bonchev–Trinajstić information content (AvgIpc) is 3.40. The number of tetrazole rings is 1. The Morgan fingerprint density at radius 1 is 1.27 bits per heavy atom. The van der Waals surface area contributed by atoms with Crippen molar-refractivity contribution in [2.45, 2.75) is 18.8 Å². The van der Waals surface area contributed by atoms with Crippen molar-refractivity contribution in [2.75, 3.05) is 19.7 Å². The molecule has 1 saturated heterocycles. The first kappa shape index (κ1) is 16.2. The number of hydrogen-bond donors (Lipinski definition) is 1. The Bertz CT molecular complexity index is 831. The molecule has 9 heteroatoms. The highest BCUT2D eigenvalue weighted by Crippen LogP contribution is 2.25. The fourth-order valence-electron chi connectivity index (χ4n) is 3.16. The lowest BCUT2D eigenvalue weighted by atomic mass is 9.95. The minimum atomic E-state index is -0.00114. The van der Waals surface area contributed by atoms with E-state index in [1.807, 2.05) is 23.1 Å². The molecule has 3 aromatic rings. The Kier molecular flexibility index (Phi) is 4.59. The normalized spacial score (nSPS) is 17.2. The molecular formula is C17H19N7O2. The molecule has 0 bridgehead atoms. The van der Waals surface area contributed by atoms with Gasteiger partial charge >= 0.3 is 0 Å². The summed E-state index contributed by atoms with van der Waals surface area (Å²) in [5.74, 6) is 0.946. The molecule has 0 saturated carbocycles. The summed E-state index contributed by atoms with van der Waals surface area (Å²) in [4.78, 5) is 14.4. The number of H-pyrrole nitrogens is 1.